The smallest absolute Gasteiger partial charge is 0.307 e. The van der Waals surface area contributed by atoms with E-state index in [0.29, 0.717) is 44.9 Å². The molecule has 0 bridgehead atoms. The number of nitrogens with zero attached hydrogens (tertiary/aromatic N) is 5. The summed E-state index contributed by atoms with van der Waals surface area (Å²) in [7, 11) is 0. The third-order valence-electron chi connectivity index (χ3n) is 9.27. The van der Waals surface area contributed by atoms with Crippen molar-refractivity contribution < 1.29 is 26.3 Å². The van der Waals surface area contributed by atoms with E-state index in [4.69, 9.17) is 0 Å². The molecule has 0 spiro atoms. The van der Waals surface area contributed by atoms with E-state index < -0.39 is 29.0 Å². The van der Waals surface area contributed by atoms with E-state index in [1.54, 1.807) is 53.1 Å². The number of rotatable bonds is 3. The van der Waals surface area contributed by atoms with Gasteiger partial charge in [0.1, 0.15) is 0 Å². The first-order chi connectivity index (χ1) is 24.9. The molecule has 6 aromatic carbocycles. The largest absolute Gasteiger partial charge is 0.417 e. The van der Waals surface area contributed by atoms with Gasteiger partial charge in [-0.15, -0.1) is 0 Å². The second-order valence-corrected chi connectivity index (χ2v) is 12.1. The Morgan fingerprint density at radius 1 is 0.442 bits per heavy atom. The van der Waals surface area contributed by atoms with Crippen LogP contribution in [0.5, 0.6) is 0 Å². The summed E-state index contributed by atoms with van der Waals surface area (Å²) in [6.45, 7) is 0. The predicted molar refractivity (Wildman–Crippen MR) is 185 cm³/mol. The molecular formula is C41H19F6N5. The van der Waals surface area contributed by atoms with Crippen LogP contribution in [0.1, 0.15) is 27.8 Å². The molecule has 8 rings (SSSR count). The van der Waals surface area contributed by atoms with Crippen molar-refractivity contribution in [3.63, 3.8) is 0 Å². The van der Waals surface area contributed by atoms with Crippen LogP contribution < -0.4 is 0 Å². The molecule has 0 atom stereocenters. The number of nitriles is 3. The highest BCUT2D eigenvalue weighted by molar-refractivity contribution is 6.12. The Hall–Kier alpha value is -7.03. The van der Waals surface area contributed by atoms with Crippen LogP contribution in [-0.2, 0) is 12.4 Å². The van der Waals surface area contributed by atoms with Gasteiger partial charge in [-0.25, -0.2) is 0 Å². The van der Waals surface area contributed by atoms with E-state index in [0.717, 1.165) is 27.6 Å². The Morgan fingerprint density at radius 2 is 0.942 bits per heavy atom. The first kappa shape index (κ1) is 32.2. The van der Waals surface area contributed by atoms with Gasteiger partial charge in [0.05, 0.1) is 79.5 Å². The molecule has 2 aromatic heterocycles. The van der Waals surface area contributed by atoms with Crippen molar-refractivity contribution >= 4 is 43.6 Å². The Labute approximate surface area is 290 Å². The third kappa shape index (κ3) is 4.93. The molecule has 0 aliphatic heterocycles. The molecule has 0 N–H and O–H groups in total. The zero-order valence-corrected chi connectivity index (χ0v) is 26.5. The molecule has 2 heterocycles. The average molecular weight is 696 g/mol. The molecule has 0 aliphatic rings. The molecule has 5 nitrogen and oxygen atoms in total. The topological polar surface area (TPSA) is 81.2 Å². The number of alkyl halides is 6. The van der Waals surface area contributed by atoms with Crippen molar-refractivity contribution in [3.8, 4) is 40.7 Å². The summed E-state index contributed by atoms with van der Waals surface area (Å²) in [5.74, 6) is 0. The lowest BCUT2D eigenvalue weighted by molar-refractivity contribution is -0.142. The van der Waals surface area contributed by atoms with Crippen molar-refractivity contribution in [1.29, 1.82) is 15.8 Å². The number of fused-ring (bicyclic) bond motifs is 6. The summed E-state index contributed by atoms with van der Waals surface area (Å²) >= 11 is 0. The van der Waals surface area contributed by atoms with Crippen molar-refractivity contribution in [2.75, 3.05) is 0 Å². The summed E-state index contributed by atoms with van der Waals surface area (Å²) in [6.07, 6.45) is -10.3. The van der Waals surface area contributed by atoms with Gasteiger partial charge in [0.25, 0.3) is 0 Å². The maximum atomic E-state index is 14.6. The zero-order valence-electron chi connectivity index (χ0n) is 26.5. The van der Waals surface area contributed by atoms with Crippen LogP contribution in [0.15, 0.2) is 115 Å². The highest BCUT2D eigenvalue weighted by Crippen LogP contribution is 2.45. The number of hydrogen-bond acceptors (Lipinski definition) is 3. The van der Waals surface area contributed by atoms with Gasteiger partial charge in [0.15, 0.2) is 0 Å². The Morgan fingerprint density at radius 3 is 1.42 bits per heavy atom. The SMILES string of the molecule is N#Cc1ccc2c3ccccc3n(-c3cc(C#N)c(-c4ccc(C(F)(F)F)cc4C(F)(F)F)cc3-n3c4ccccc4c4ccc(C#N)cc43)c2c1. The van der Waals surface area contributed by atoms with Crippen LogP contribution >= 0.6 is 0 Å². The quantitative estimate of drug-likeness (QED) is 0.173. The van der Waals surface area contributed by atoms with E-state index in [-0.39, 0.29) is 22.9 Å². The molecule has 0 saturated carbocycles. The minimum absolute atomic E-state index is 0.0557. The van der Waals surface area contributed by atoms with Crippen molar-refractivity contribution in [2.24, 2.45) is 0 Å². The van der Waals surface area contributed by atoms with Crippen molar-refractivity contribution in [1.82, 2.24) is 9.13 Å². The Kier molecular flexibility index (Phi) is 7.13. The molecule has 11 heteroatoms. The van der Waals surface area contributed by atoms with E-state index in [2.05, 4.69) is 12.1 Å². The van der Waals surface area contributed by atoms with Gasteiger partial charge >= 0.3 is 12.4 Å². The molecule has 0 radical (unpaired) electrons. The molecule has 0 unspecified atom stereocenters. The average Bonchev–Trinajstić information content (AvgIpc) is 3.65. The monoisotopic (exact) mass is 695 g/mol. The fourth-order valence-electron chi connectivity index (χ4n) is 7.04. The van der Waals surface area contributed by atoms with Gasteiger partial charge in [-0.3, -0.25) is 0 Å². The maximum Gasteiger partial charge on any atom is 0.417 e. The molecule has 0 aliphatic carbocycles. The third-order valence-corrected chi connectivity index (χ3v) is 9.27. The lowest BCUT2D eigenvalue weighted by Crippen LogP contribution is -2.13. The molecule has 52 heavy (non-hydrogen) atoms. The van der Waals surface area contributed by atoms with Gasteiger partial charge in [0.2, 0.25) is 0 Å². The van der Waals surface area contributed by atoms with Gasteiger partial charge in [-0.2, -0.15) is 42.1 Å². The molecule has 0 saturated heterocycles. The van der Waals surface area contributed by atoms with Gasteiger partial charge in [0, 0.05) is 27.1 Å². The van der Waals surface area contributed by atoms with Gasteiger partial charge in [-0.05, 0) is 66.2 Å². The number of benzene rings is 6. The number of aromatic nitrogens is 2. The molecule has 0 fully saturated rings. The van der Waals surface area contributed by atoms with Crippen LogP contribution in [0.3, 0.4) is 0 Å². The van der Waals surface area contributed by atoms with Crippen LogP contribution in [0.2, 0.25) is 0 Å². The van der Waals surface area contributed by atoms with E-state index in [1.807, 2.05) is 47.0 Å². The van der Waals surface area contributed by atoms with E-state index in [9.17, 15) is 42.1 Å². The zero-order chi connectivity index (χ0) is 36.5. The van der Waals surface area contributed by atoms with Crippen LogP contribution in [-0.4, -0.2) is 9.13 Å². The molecular weight excluding hydrogens is 676 g/mol. The lowest BCUT2D eigenvalue weighted by Gasteiger charge is -2.21. The highest BCUT2D eigenvalue weighted by atomic mass is 19.4. The summed E-state index contributed by atoms with van der Waals surface area (Å²) in [5, 5.41) is 33.3. The van der Waals surface area contributed by atoms with Crippen LogP contribution in [0.25, 0.3) is 66.1 Å². The second kappa shape index (κ2) is 11.5. The van der Waals surface area contributed by atoms with Gasteiger partial charge < -0.3 is 9.13 Å². The fourth-order valence-corrected chi connectivity index (χ4v) is 7.04. The first-order valence-corrected chi connectivity index (χ1v) is 15.7. The van der Waals surface area contributed by atoms with Gasteiger partial charge in [-0.1, -0.05) is 54.6 Å². The minimum Gasteiger partial charge on any atom is -0.307 e. The fraction of sp³-hybridized carbons (Fsp3) is 0.0488. The number of para-hydroxylation sites is 2. The predicted octanol–water partition coefficient (Wildman–Crippen LogP) is 11.2. The number of hydrogen-bond donors (Lipinski definition) is 0. The van der Waals surface area contributed by atoms with E-state index in [1.165, 1.54) is 12.1 Å². The minimum atomic E-state index is -5.21. The summed E-state index contributed by atoms with van der Waals surface area (Å²) in [5.41, 5.74) is -0.492. The Balaban J connectivity index is 1.59. The summed E-state index contributed by atoms with van der Waals surface area (Å²) < 4.78 is 88.5. The Bertz CT molecular complexity index is 2930. The number of halogens is 6. The maximum absolute atomic E-state index is 14.6. The molecule has 8 aromatic rings. The molecule has 250 valence electrons. The first-order valence-electron chi connectivity index (χ1n) is 15.7. The van der Waals surface area contributed by atoms with Crippen molar-refractivity contribution in [3.05, 3.63) is 143 Å². The summed E-state index contributed by atoms with van der Waals surface area (Å²) in [6, 6.07) is 35.3. The molecule has 0 amide bonds. The van der Waals surface area contributed by atoms with Crippen LogP contribution in [0, 0.1) is 34.0 Å². The van der Waals surface area contributed by atoms with Crippen molar-refractivity contribution in [2.45, 2.75) is 12.4 Å². The lowest BCUT2D eigenvalue weighted by atomic mass is 9.92. The highest BCUT2D eigenvalue weighted by Gasteiger charge is 2.39. The van der Waals surface area contributed by atoms with E-state index >= 15 is 0 Å². The normalized spacial score (nSPS) is 12.0. The summed E-state index contributed by atoms with van der Waals surface area (Å²) in [4.78, 5) is 0. The van der Waals surface area contributed by atoms with Crippen LogP contribution in [0.4, 0.5) is 26.3 Å². The standard InChI is InChI=1S/C41H19F6N5/c42-40(43,44)26-11-14-27(33(18-26)41(45,46)47)32-19-39(52-35-8-4-2-6-29(35)31-13-10-24(21-49)16-37(31)52)38(17-25(32)22-50)51-34-7-3-1-5-28(34)30-12-9-23(20-48)15-36(30)51/h1-19H. The second-order valence-electron chi connectivity index (χ2n) is 12.1.